The van der Waals surface area contributed by atoms with Gasteiger partial charge in [0, 0.05) is 49.5 Å². The maximum absolute atomic E-state index is 12.4. The molecule has 1 unspecified atom stereocenters. The van der Waals surface area contributed by atoms with Crippen molar-refractivity contribution in [2.24, 2.45) is 5.92 Å². The third-order valence-electron chi connectivity index (χ3n) is 4.74. The van der Waals surface area contributed by atoms with Gasteiger partial charge in [0.2, 0.25) is 0 Å². The van der Waals surface area contributed by atoms with Crippen molar-refractivity contribution in [3.63, 3.8) is 0 Å². The maximum atomic E-state index is 12.4. The topological polar surface area (TPSA) is 64.2 Å². The summed E-state index contributed by atoms with van der Waals surface area (Å²) in [5.41, 5.74) is 2.19. The van der Waals surface area contributed by atoms with Gasteiger partial charge in [0.25, 0.3) is 5.91 Å². The molecule has 0 aromatic carbocycles. The molecular formula is C19H20N4O2. The number of likely N-dealkylation sites (tertiary alicyclic amines) is 1. The van der Waals surface area contributed by atoms with E-state index in [9.17, 15) is 4.79 Å². The zero-order chi connectivity index (χ0) is 17.2. The van der Waals surface area contributed by atoms with Gasteiger partial charge in [-0.3, -0.25) is 9.78 Å². The molecule has 1 atom stereocenters. The first-order valence-corrected chi connectivity index (χ1v) is 8.47. The van der Waals surface area contributed by atoms with Gasteiger partial charge in [-0.1, -0.05) is 0 Å². The summed E-state index contributed by atoms with van der Waals surface area (Å²) in [5, 5.41) is 0. The van der Waals surface area contributed by atoms with Crippen LogP contribution >= 0.6 is 0 Å². The van der Waals surface area contributed by atoms with E-state index < -0.39 is 0 Å². The van der Waals surface area contributed by atoms with E-state index in [1.54, 1.807) is 24.5 Å². The molecular weight excluding hydrogens is 316 g/mol. The van der Waals surface area contributed by atoms with E-state index in [1.807, 2.05) is 23.2 Å². The standard InChI is InChI=1S/C19H20N4O2/c1-14-11-21-18(16-4-7-20-8-5-16)23(14)13-15-6-9-22(12-15)19(24)17-3-2-10-25-17/h2-5,7-8,10-11,15H,6,9,12-13H2,1H3. The largest absolute Gasteiger partial charge is 0.459 e. The Balaban J connectivity index is 1.49. The number of amides is 1. The van der Waals surface area contributed by atoms with Gasteiger partial charge in [-0.25, -0.2) is 4.98 Å². The van der Waals surface area contributed by atoms with Gasteiger partial charge in [-0.15, -0.1) is 0 Å². The summed E-state index contributed by atoms with van der Waals surface area (Å²) in [7, 11) is 0. The summed E-state index contributed by atoms with van der Waals surface area (Å²) in [6.45, 7) is 4.43. The minimum atomic E-state index is -0.0239. The molecule has 1 aliphatic heterocycles. The fourth-order valence-corrected chi connectivity index (χ4v) is 3.40. The molecule has 4 rings (SSSR count). The fraction of sp³-hybridized carbons (Fsp3) is 0.316. The van der Waals surface area contributed by atoms with Gasteiger partial charge in [-0.05, 0) is 43.5 Å². The normalized spacial score (nSPS) is 17.2. The number of hydrogen-bond donors (Lipinski definition) is 0. The molecule has 1 aliphatic rings. The number of furan rings is 1. The smallest absolute Gasteiger partial charge is 0.289 e. The molecule has 0 radical (unpaired) electrons. The number of aryl methyl sites for hydroxylation is 1. The van der Waals surface area contributed by atoms with Crippen molar-refractivity contribution in [2.45, 2.75) is 19.9 Å². The second-order valence-corrected chi connectivity index (χ2v) is 6.45. The Hall–Kier alpha value is -2.89. The second-order valence-electron chi connectivity index (χ2n) is 6.45. The molecule has 128 valence electrons. The lowest BCUT2D eigenvalue weighted by Gasteiger charge is -2.17. The lowest BCUT2D eigenvalue weighted by Crippen LogP contribution is -2.29. The Morgan fingerprint density at radius 1 is 1.32 bits per heavy atom. The maximum Gasteiger partial charge on any atom is 0.289 e. The highest BCUT2D eigenvalue weighted by Crippen LogP contribution is 2.25. The monoisotopic (exact) mass is 336 g/mol. The number of aromatic nitrogens is 3. The van der Waals surface area contributed by atoms with Gasteiger partial charge < -0.3 is 13.9 Å². The van der Waals surface area contributed by atoms with Crippen LogP contribution in [0.2, 0.25) is 0 Å². The van der Waals surface area contributed by atoms with E-state index in [-0.39, 0.29) is 5.91 Å². The van der Waals surface area contributed by atoms with Crippen LogP contribution in [-0.2, 0) is 6.54 Å². The predicted octanol–water partition coefficient (Wildman–Crippen LogP) is 3.01. The summed E-state index contributed by atoms with van der Waals surface area (Å²) >= 11 is 0. The van der Waals surface area contributed by atoms with E-state index in [1.165, 1.54) is 6.26 Å². The lowest BCUT2D eigenvalue weighted by atomic mass is 10.1. The van der Waals surface area contributed by atoms with Crippen molar-refractivity contribution in [1.82, 2.24) is 19.4 Å². The summed E-state index contributed by atoms with van der Waals surface area (Å²) in [6, 6.07) is 7.41. The molecule has 1 fully saturated rings. The first-order valence-electron chi connectivity index (χ1n) is 8.47. The van der Waals surface area contributed by atoms with Crippen LogP contribution in [-0.4, -0.2) is 38.4 Å². The molecule has 6 heteroatoms. The summed E-state index contributed by atoms with van der Waals surface area (Å²) in [6.07, 6.45) is 7.99. The van der Waals surface area contributed by atoms with E-state index in [4.69, 9.17) is 4.42 Å². The summed E-state index contributed by atoms with van der Waals surface area (Å²) < 4.78 is 7.47. The Labute approximate surface area is 146 Å². The predicted molar refractivity (Wildman–Crippen MR) is 92.9 cm³/mol. The van der Waals surface area contributed by atoms with Crippen molar-refractivity contribution in [3.8, 4) is 11.4 Å². The molecule has 0 N–H and O–H groups in total. The number of rotatable bonds is 4. The zero-order valence-electron chi connectivity index (χ0n) is 14.1. The van der Waals surface area contributed by atoms with Crippen LogP contribution in [0.5, 0.6) is 0 Å². The molecule has 0 spiro atoms. The van der Waals surface area contributed by atoms with Gasteiger partial charge in [0.15, 0.2) is 5.76 Å². The molecule has 4 heterocycles. The molecule has 1 saturated heterocycles. The Morgan fingerprint density at radius 3 is 2.92 bits per heavy atom. The van der Waals surface area contributed by atoms with Crippen molar-refractivity contribution >= 4 is 5.91 Å². The van der Waals surface area contributed by atoms with Gasteiger partial charge in [0.1, 0.15) is 5.82 Å². The minimum Gasteiger partial charge on any atom is -0.459 e. The number of pyridine rings is 1. The van der Waals surface area contributed by atoms with E-state index >= 15 is 0 Å². The number of hydrogen-bond acceptors (Lipinski definition) is 4. The van der Waals surface area contributed by atoms with Gasteiger partial charge in [0.05, 0.1) is 6.26 Å². The van der Waals surface area contributed by atoms with Crippen LogP contribution in [0.1, 0.15) is 22.7 Å². The van der Waals surface area contributed by atoms with E-state index in [0.717, 1.165) is 43.1 Å². The highest BCUT2D eigenvalue weighted by molar-refractivity contribution is 5.91. The molecule has 0 bridgehead atoms. The first-order chi connectivity index (χ1) is 12.2. The molecule has 3 aromatic heterocycles. The highest BCUT2D eigenvalue weighted by atomic mass is 16.3. The fourth-order valence-electron chi connectivity index (χ4n) is 3.40. The SMILES string of the molecule is Cc1cnc(-c2ccncc2)n1CC1CCN(C(=O)c2ccco2)C1. The van der Waals surface area contributed by atoms with Crippen molar-refractivity contribution in [2.75, 3.05) is 13.1 Å². The Bertz CT molecular complexity index is 855. The number of carbonyl (C=O) groups excluding carboxylic acids is 1. The van der Waals surface area contributed by atoms with Crippen LogP contribution in [0.4, 0.5) is 0 Å². The minimum absolute atomic E-state index is 0.0239. The Kier molecular flexibility index (Phi) is 4.09. The third kappa shape index (κ3) is 3.07. The zero-order valence-corrected chi connectivity index (χ0v) is 14.1. The Morgan fingerprint density at radius 2 is 2.16 bits per heavy atom. The van der Waals surface area contributed by atoms with Crippen molar-refractivity contribution in [3.05, 3.63) is 60.6 Å². The van der Waals surface area contributed by atoms with Crippen LogP contribution in [0, 0.1) is 12.8 Å². The molecule has 3 aromatic rings. The van der Waals surface area contributed by atoms with Crippen LogP contribution < -0.4 is 0 Å². The quantitative estimate of drug-likeness (QED) is 0.735. The van der Waals surface area contributed by atoms with Crippen LogP contribution in [0.25, 0.3) is 11.4 Å². The molecule has 0 aliphatic carbocycles. The average molecular weight is 336 g/mol. The summed E-state index contributed by atoms with van der Waals surface area (Å²) in [5.74, 6) is 1.75. The van der Waals surface area contributed by atoms with E-state index in [2.05, 4.69) is 21.5 Å². The van der Waals surface area contributed by atoms with Gasteiger partial charge >= 0.3 is 0 Å². The van der Waals surface area contributed by atoms with Crippen molar-refractivity contribution in [1.29, 1.82) is 0 Å². The lowest BCUT2D eigenvalue weighted by molar-refractivity contribution is 0.0754. The summed E-state index contributed by atoms with van der Waals surface area (Å²) in [4.78, 5) is 22.9. The number of carbonyl (C=O) groups is 1. The first kappa shape index (κ1) is 15.6. The third-order valence-corrected chi connectivity index (χ3v) is 4.74. The van der Waals surface area contributed by atoms with Crippen LogP contribution in [0.3, 0.4) is 0 Å². The molecule has 0 saturated carbocycles. The number of imidazole rings is 1. The number of nitrogens with zero attached hydrogens (tertiary/aromatic N) is 4. The molecule has 6 nitrogen and oxygen atoms in total. The molecule has 1 amide bonds. The highest BCUT2D eigenvalue weighted by Gasteiger charge is 2.29. The van der Waals surface area contributed by atoms with Crippen molar-refractivity contribution < 1.29 is 9.21 Å². The second kappa shape index (κ2) is 6.55. The van der Waals surface area contributed by atoms with Gasteiger partial charge in [-0.2, -0.15) is 0 Å². The average Bonchev–Trinajstić information content (AvgIpc) is 3.38. The van der Waals surface area contributed by atoms with Crippen LogP contribution in [0.15, 0.2) is 53.5 Å². The molecule has 25 heavy (non-hydrogen) atoms. The van der Waals surface area contributed by atoms with E-state index in [0.29, 0.717) is 11.7 Å².